The molecule has 1 saturated carbocycles. The smallest absolute Gasteiger partial charge is 0.0386 e. The zero-order chi connectivity index (χ0) is 10.6. The quantitative estimate of drug-likeness (QED) is 0.509. The zero-order valence-corrected chi connectivity index (χ0v) is 10.6. The molecule has 1 aliphatic carbocycles. The van der Waals surface area contributed by atoms with Gasteiger partial charge in [-0.05, 0) is 30.1 Å². The van der Waals surface area contributed by atoms with Gasteiger partial charge in [-0.15, -0.1) is 0 Å². The van der Waals surface area contributed by atoms with E-state index in [4.69, 9.17) is 0 Å². The van der Waals surface area contributed by atoms with Crippen LogP contribution in [0.2, 0.25) is 0 Å². The first kappa shape index (κ1) is 12.1. The standard InChI is InChI=1S/C14H28/c1-11(2)12(3)8-6-5-7-9-14-10-13(14)4/h11-14H,5-10H2,1-4H3. The highest BCUT2D eigenvalue weighted by molar-refractivity contribution is 4.81. The molecule has 0 spiro atoms. The van der Waals surface area contributed by atoms with Gasteiger partial charge in [0, 0.05) is 0 Å². The maximum absolute atomic E-state index is 2.40. The van der Waals surface area contributed by atoms with Crippen LogP contribution in [0.15, 0.2) is 0 Å². The Hall–Kier alpha value is 0. The Kier molecular flexibility index (Phi) is 4.98. The summed E-state index contributed by atoms with van der Waals surface area (Å²) in [5, 5.41) is 0. The Balaban J connectivity index is 1.84. The van der Waals surface area contributed by atoms with Crippen molar-refractivity contribution in [3.05, 3.63) is 0 Å². The second-order valence-corrected chi connectivity index (χ2v) is 5.83. The summed E-state index contributed by atoms with van der Waals surface area (Å²) in [4.78, 5) is 0. The lowest BCUT2D eigenvalue weighted by Crippen LogP contribution is -2.03. The summed E-state index contributed by atoms with van der Waals surface area (Å²) in [6.07, 6.45) is 8.89. The van der Waals surface area contributed by atoms with Gasteiger partial charge in [0.15, 0.2) is 0 Å². The number of hydrogen-bond donors (Lipinski definition) is 0. The van der Waals surface area contributed by atoms with Crippen LogP contribution < -0.4 is 0 Å². The molecule has 0 bridgehead atoms. The maximum atomic E-state index is 2.40. The average molecular weight is 196 g/mol. The molecular formula is C14H28. The van der Waals surface area contributed by atoms with Gasteiger partial charge in [-0.25, -0.2) is 0 Å². The van der Waals surface area contributed by atoms with Crippen LogP contribution in [0.4, 0.5) is 0 Å². The highest BCUT2D eigenvalue weighted by Gasteiger charge is 2.31. The predicted molar refractivity (Wildman–Crippen MR) is 64.4 cm³/mol. The minimum Gasteiger partial charge on any atom is -0.0625 e. The lowest BCUT2D eigenvalue weighted by molar-refractivity contribution is 0.374. The molecule has 3 atom stereocenters. The van der Waals surface area contributed by atoms with Gasteiger partial charge in [0.2, 0.25) is 0 Å². The summed E-state index contributed by atoms with van der Waals surface area (Å²) in [6, 6.07) is 0. The minimum absolute atomic E-state index is 0.874. The first-order chi connectivity index (χ1) is 6.61. The van der Waals surface area contributed by atoms with E-state index in [9.17, 15) is 0 Å². The first-order valence-electron chi connectivity index (χ1n) is 6.61. The van der Waals surface area contributed by atoms with Gasteiger partial charge >= 0.3 is 0 Å². The third-order valence-corrected chi connectivity index (χ3v) is 4.15. The maximum Gasteiger partial charge on any atom is -0.0386 e. The van der Waals surface area contributed by atoms with Gasteiger partial charge in [0.1, 0.15) is 0 Å². The lowest BCUT2D eigenvalue weighted by atomic mass is 9.92. The van der Waals surface area contributed by atoms with Gasteiger partial charge in [0.05, 0.1) is 0 Å². The molecule has 3 unspecified atom stereocenters. The van der Waals surface area contributed by atoms with Crippen molar-refractivity contribution in [2.75, 3.05) is 0 Å². The normalized spacial score (nSPS) is 28.1. The monoisotopic (exact) mass is 196 g/mol. The average Bonchev–Trinajstić information content (AvgIpc) is 2.81. The Morgan fingerprint density at radius 3 is 2.21 bits per heavy atom. The Bertz CT molecular complexity index is 148. The third kappa shape index (κ3) is 4.48. The summed E-state index contributed by atoms with van der Waals surface area (Å²) in [5.74, 6) is 3.97. The highest BCUT2D eigenvalue weighted by Crippen LogP contribution is 2.41. The second kappa shape index (κ2) is 5.78. The fourth-order valence-corrected chi connectivity index (χ4v) is 2.18. The van der Waals surface area contributed by atoms with Crippen molar-refractivity contribution in [1.29, 1.82) is 0 Å². The van der Waals surface area contributed by atoms with E-state index in [1.807, 2.05) is 0 Å². The summed E-state index contributed by atoms with van der Waals surface area (Å²) < 4.78 is 0. The van der Waals surface area contributed by atoms with Gasteiger partial charge in [-0.3, -0.25) is 0 Å². The van der Waals surface area contributed by atoms with Crippen LogP contribution in [-0.2, 0) is 0 Å². The van der Waals surface area contributed by atoms with Crippen molar-refractivity contribution >= 4 is 0 Å². The first-order valence-corrected chi connectivity index (χ1v) is 6.61. The molecule has 1 fully saturated rings. The summed E-state index contributed by atoms with van der Waals surface area (Å²) >= 11 is 0. The van der Waals surface area contributed by atoms with Crippen LogP contribution in [0.3, 0.4) is 0 Å². The van der Waals surface area contributed by atoms with Crippen molar-refractivity contribution in [2.24, 2.45) is 23.7 Å². The molecular weight excluding hydrogens is 168 g/mol. The fraction of sp³-hybridized carbons (Fsp3) is 1.00. The van der Waals surface area contributed by atoms with E-state index in [2.05, 4.69) is 27.7 Å². The number of hydrogen-bond acceptors (Lipinski definition) is 0. The second-order valence-electron chi connectivity index (χ2n) is 5.83. The van der Waals surface area contributed by atoms with E-state index >= 15 is 0 Å². The zero-order valence-electron chi connectivity index (χ0n) is 10.6. The molecule has 1 aliphatic rings. The number of rotatable bonds is 7. The molecule has 0 nitrogen and oxygen atoms in total. The summed E-state index contributed by atoms with van der Waals surface area (Å²) in [7, 11) is 0. The third-order valence-electron chi connectivity index (χ3n) is 4.15. The van der Waals surface area contributed by atoms with Crippen molar-refractivity contribution in [3.63, 3.8) is 0 Å². The Morgan fingerprint density at radius 2 is 1.71 bits per heavy atom. The van der Waals surface area contributed by atoms with E-state index in [0.717, 1.165) is 23.7 Å². The van der Waals surface area contributed by atoms with E-state index in [-0.39, 0.29) is 0 Å². The molecule has 0 amide bonds. The molecule has 0 aromatic carbocycles. The molecule has 0 heteroatoms. The van der Waals surface area contributed by atoms with Gasteiger partial charge < -0.3 is 0 Å². The summed E-state index contributed by atoms with van der Waals surface area (Å²) in [5.41, 5.74) is 0. The number of unbranched alkanes of at least 4 members (excludes halogenated alkanes) is 2. The van der Waals surface area contributed by atoms with Crippen LogP contribution in [0, 0.1) is 23.7 Å². The Labute approximate surface area is 90.5 Å². The topological polar surface area (TPSA) is 0 Å². The Morgan fingerprint density at radius 1 is 1.07 bits per heavy atom. The molecule has 0 radical (unpaired) electrons. The van der Waals surface area contributed by atoms with Crippen molar-refractivity contribution in [2.45, 2.75) is 66.2 Å². The fourth-order valence-electron chi connectivity index (χ4n) is 2.18. The highest BCUT2D eigenvalue weighted by atomic mass is 14.4. The summed E-state index contributed by atoms with van der Waals surface area (Å²) in [6.45, 7) is 9.48. The van der Waals surface area contributed by atoms with E-state index in [0.29, 0.717) is 0 Å². The van der Waals surface area contributed by atoms with Gasteiger partial charge in [-0.2, -0.15) is 0 Å². The predicted octanol–water partition coefficient (Wildman–Crippen LogP) is 4.89. The van der Waals surface area contributed by atoms with Gasteiger partial charge in [-0.1, -0.05) is 59.8 Å². The van der Waals surface area contributed by atoms with Crippen molar-refractivity contribution in [3.8, 4) is 0 Å². The van der Waals surface area contributed by atoms with Gasteiger partial charge in [0.25, 0.3) is 0 Å². The van der Waals surface area contributed by atoms with E-state index < -0.39 is 0 Å². The molecule has 0 N–H and O–H groups in total. The molecule has 0 heterocycles. The van der Waals surface area contributed by atoms with Crippen molar-refractivity contribution < 1.29 is 0 Å². The largest absolute Gasteiger partial charge is 0.0625 e. The van der Waals surface area contributed by atoms with Crippen molar-refractivity contribution in [1.82, 2.24) is 0 Å². The lowest BCUT2D eigenvalue weighted by Gasteiger charge is -2.14. The van der Waals surface area contributed by atoms with Crippen LogP contribution in [0.25, 0.3) is 0 Å². The molecule has 0 aromatic rings. The molecule has 14 heavy (non-hydrogen) atoms. The van der Waals surface area contributed by atoms with E-state index in [1.54, 1.807) is 0 Å². The van der Waals surface area contributed by atoms with Crippen LogP contribution in [0.1, 0.15) is 66.2 Å². The molecule has 1 rings (SSSR count). The van der Waals surface area contributed by atoms with Crippen LogP contribution >= 0.6 is 0 Å². The van der Waals surface area contributed by atoms with Crippen LogP contribution in [-0.4, -0.2) is 0 Å². The van der Waals surface area contributed by atoms with Crippen LogP contribution in [0.5, 0.6) is 0 Å². The molecule has 0 aromatic heterocycles. The molecule has 0 aliphatic heterocycles. The minimum atomic E-state index is 0.874. The molecule has 84 valence electrons. The van der Waals surface area contributed by atoms with E-state index in [1.165, 1.54) is 38.5 Å². The SMILES string of the molecule is CC(C)C(C)CCCCCC1CC1C. The molecule has 0 saturated heterocycles.